The van der Waals surface area contributed by atoms with Crippen LogP contribution in [-0.2, 0) is 64.0 Å². The molecule has 0 radical (unpaired) electrons. The van der Waals surface area contributed by atoms with Crippen molar-refractivity contribution in [1.29, 1.82) is 0 Å². The summed E-state index contributed by atoms with van der Waals surface area (Å²) in [6.45, 7) is 19.4. The molecule has 0 spiro atoms. The van der Waals surface area contributed by atoms with E-state index in [1.165, 1.54) is 50.6 Å². The highest BCUT2D eigenvalue weighted by molar-refractivity contribution is 6.12. The van der Waals surface area contributed by atoms with Gasteiger partial charge in [0, 0.05) is 89.8 Å². The number of alkyl carbamates (subject to hydrolysis) is 1. The van der Waals surface area contributed by atoms with Gasteiger partial charge in [0.05, 0.1) is 60.8 Å². The molecule has 7 N–H and O–H groups in total. The lowest BCUT2D eigenvalue weighted by atomic mass is 9.83. The summed E-state index contributed by atoms with van der Waals surface area (Å²) in [4.78, 5) is 153. The molecule has 2 aliphatic rings. The molecule has 0 saturated carbocycles. The first kappa shape index (κ1) is 80.8. The first-order chi connectivity index (χ1) is 45.3. The van der Waals surface area contributed by atoms with Crippen LogP contribution in [-0.4, -0.2) is 182 Å². The molecule has 1 unspecified atom stereocenters. The van der Waals surface area contributed by atoms with Crippen molar-refractivity contribution in [2.75, 3.05) is 60.3 Å². The normalized spacial score (nSPS) is 17.4. The Hall–Kier alpha value is -7.64. The van der Waals surface area contributed by atoms with Crippen LogP contribution in [0.2, 0.25) is 0 Å². The zero-order valence-corrected chi connectivity index (χ0v) is 59.2. The molecule has 10 amide bonds. The Bertz CT molecular complexity index is 2940. The third kappa shape index (κ3) is 24.2. The Balaban J connectivity index is 1.40. The number of anilines is 1. The minimum atomic E-state index is -0.931. The summed E-state index contributed by atoms with van der Waals surface area (Å²) in [5.41, 5.74) is 6.62. The summed E-state index contributed by atoms with van der Waals surface area (Å²) in [5, 5.41) is 14.0. The third-order valence-corrected chi connectivity index (χ3v) is 18.6. The molecule has 96 heavy (non-hydrogen) atoms. The largest absolute Gasteiger partial charge is 0.445 e. The Morgan fingerprint density at radius 3 is 1.94 bits per heavy atom. The van der Waals surface area contributed by atoms with Gasteiger partial charge < -0.3 is 56.3 Å². The number of halogens is 1. The molecule has 0 bridgehead atoms. The van der Waals surface area contributed by atoms with Crippen LogP contribution >= 0.6 is 0 Å². The van der Waals surface area contributed by atoms with Crippen LogP contribution in [0.3, 0.4) is 0 Å². The fourth-order valence-electron chi connectivity index (χ4n) is 13.1. The standard InChI is InChI=1S/C71H109FN10O14/c1-16-45(8)65(80(13)69(91)53(42(2)3)39-56(84)64(44(6)7)79(11)12)57(94-14)40-61(88)81-37-21-23-54(81)66(95-15)46(9)67(89)75-47(10)63(49-27-29-51(72)30-28-49)78-71(93)96-41-48-25-31-52(32-26-48)76-68(90)50(22-20-35-74-70(73)92)38-55(83)62(43(4)5)77-58(85)24-18-17-19-36-82-59(86)33-34-60(82)87/h25-34,42-47,50,53-54,57,62-66H,16-24,35-41H2,1-15H3,(H,75,89)(H,76,90)(H,77,85)(H,78,93)(H3,73,74,92)/t45-,46+,47+,50+,53-,54-,57+,62-,63?,64-,65-,66+/m0/s1. The Morgan fingerprint density at radius 1 is 0.729 bits per heavy atom. The van der Waals surface area contributed by atoms with E-state index in [0.29, 0.717) is 68.3 Å². The van der Waals surface area contributed by atoms with Gasteiger partial charge in [-0.1, -0.05) is 99.4 Å². The van der Waals surface area contributed by atoms with Gasteiger partial charge in [-0.05, 0) is 119 Å². The quantitative estimate of drug-likeness (QED) is 0.0275. The summed E-state index contributed by atoms with van der Waals surface area (Å²) in [5.74, 6) is -6.07. The summed E-state index contributed by atoms with van der Waals surface area (Å²) >= 11 is 0. The Morgan fingerprint density at radius 2 is 1.38 bits per heavy atom. The number of hydrogen-bond acceptors (Lipinski definition) is 15. The number of amides is 10. The fraction of sp³-hybridized carbons (Fsp3) is 0.648. The molecule has 0 aromatic heterocycles. The molecule has 24 nitrogen and oxygen atoms in total. The van der Waals surface area contributed by atoms with Crippen LogP contribution in [0.15, 0.2) is 60.7 Å². The van der Waals surface area contributed by atoms with Gasteiger partial charge in [-0.25, -0.2) is 14.0 Å². The Labute approximate surface area is 567 Å². The van der Waals surface area contributed by atoms with Gasteiger partial charge >= 0.3 is 12.1 Å². The third-order valence-electron chi connectivity index (χ3n) is 18.6. The number of imide groups is 1. The van der Waals surface area contributed by atoms with E-state index in [0.717, 1.165) is 4.90 Å². The number of Topliss-reactive ketones (excluding diaryl/α,β-unsaturated/α-hetero) is 2. The van der Waals surface area contributed by atoms with E-state index in [-0.39, 0.29) is 123 Å². The van der Waals surface area contributed by atoms with Crippen LogP contribution in [0, 0.1) is 47.2 Å². The van der Waals surface area contributed by atoms with Crippen molar-refractivity contribution >= 4 is 70.7 Å². The number of nitrogens with one attached hydrogen (secondary N) is 5. The van der Waals surface area contributed by atoms with Gasteiger partial charge in [0.2, 0.25) is 29.5 Å². The number of likely N-dealkylation sites (N-methyl/N-ethyl adjacent to an activating group) is 2. The number of unbranched alkanes of at least 4 members (excludes halogenated alkanes) is 2. The van der Waals surface area contributed by atoms with E-state index in [9.17, 15) is 57.1 Å². The second kappa shape index (κ2) is 39.5. The number of nitrogens with zero attached hydrogens (tertiary/aromatic N) is 4. The maximum absolute atomic E-state index is 14.6. The monoisotopic (exact) mass is 1340 g/mol. The SMILES string of the molecule is CC[C@H](C)[C@@H]([C@@H](CC(=O)N1CCC[C@H]1[C@H](OC)[C@@H](C)C(=O)N[C@H](C)C(NC(=O)OCc1ccc(NC(=O)[C@H](CCCNC(N)=O)CC(=O)[C@@H](NC(=O)CCCCCN2C(=O)C=CC2=O)C(C)C)cc1)c1ccc(F)cc1)OC)N(C)C(=O)[C@@H](CC(=O)[C@H](C(C)C)N(C)C)C(C)C. The number of ether oxygens (including phenoxy) is 3. The topological polar surface area (TPSA) is 315 Å². The van der Waals surface area contributed by atoms with Crippen LogP contribution in [0.4, 0.5) is 19.7 Å². The van der Waals surface area contributed by atoms with Gasteiger partial charge in [0.15, 0.2) is 11.6 Å². The fourth-order valence-corrected chi connectivity index (χ4v) is 13.1. The number of benzene rings is 2. The number of hydrogen-bond donors (Lipinski definition) is 6. The molecular weight excluding hydrogens is 1240 g/mol. The van der Waals surface area contributed by atoms with E-state index in [1.54, 1.807) is 68.8 Å². The van der Waals surface area contributed by atoms with Crippen LogP contribution < -0.4 is 32.3 Å². The van der Waals surface area contributed by atoms with E-state index in [2.05, 4.69) is 26.6 Å². The number of carbonyl (C=O) groups is 11. The second-order valence-corrected chi connectivity index (χ2v) is 27.1. The molecule has 534 valence electrons. The molecule has 25 heteroatoms. The highest BCUT2D eigenvalue weighted by Gasteiger charge is 2.44. The lowest BCUT2D eigenvalue weighted by molar-refractivity contribution is -0.149. The number of ketones is 2. The van der Waals surface area contributed by atoms with Crippen molar-refractivity contribution in [2.24, 2.45) is 47.2 Å². The number of carbonyl (C=O) groups excluding carboxylic acids is 11. The van der Waals surface area contributed by atoms with Gasteiger partial charge in [0.1, 0.15) is 12.4 Å². The van der Waals surface area contributed by atoms with Gasteiger partial charge in [0.25, 0.3) is 11.8 Å². The van der Waals surface area contributed by atoms with Crippen LogP contribution in [0.1, 0.15) is 163 Å². The first-order valence-corrected chi connectivity index (χ1v) is 33.9. The summed E-state index contributed by atoms with van der Waals surface area (Å²) in [6.07, 6.45) is 3.93. The molecule has 1 saturated heterocycles. The molecule has 0 aliphatic carbocycles. The van der Waals surface area contributed by atoms with Gasteiger partial charge in [-0.3, -0.25) is 53.0 Å². The predicted octanol–water partition coefficient (Wildman–Crippen LogP) is 7.62. The molecule has 1 fully saturated rings. The van der Waals surface area contributed by atoms with Crippen molar-refractivity contribution in [3.63, 3.8) is 0 Å². The van der Waals surface area contributed by atoms with E-state index in [4.69, 9.17) is 19.9 Å². The van der Waals surface area contributed by atoms with Crippen molar-refractivity contribution in [2.45, 2.75) is 201 Å². The number of primary amides is 1. The zero-order valence-electron chi connectivity index (χ0n) is 59.2. The maximum Gasteiger partial charge on any atom is 0.408 e. The smallest absolute Gasteiger partial charge is 0.408 e. The second-order valence-electron chi connectivity index (χ2n) is 27.1. The van der Waals surface area contributed by atoms with Gasteiger partial charge in [-0.2, -0.15) is 0 Å². The summed E-state index contributed by atoms with van der Waals surface area (Å²) < 4.78 is 32.2. The van der Waals surface area contributed by atoms with Gasteiger partial charge in [-0.15, -0.1) is 0 Å². The first-order valence-electron chi connectivity index (χ1n) is 33.9. The van der Waals surface area contributed by atoms with Crippen LogP contribution in [0.5, 0.6) is 0 Å². The van der Waals surface area contributed by atoms with E-state index < -0.39 is 89.9 Å². The molecule has 2 aliphatic heterocycles. The van der Waals surface area contributed by atoms with Crippen molar-refractivity contribution < 1.29 is 71.3 Å². The lowest BCUT2D eigenvalue weighted by Gasteiger charge is -2.41. The van der Waals surface area contributed by atoms with Crippen molar-refractivity contribution in [3.05, 3.63) is 77.6 Å². The molecule has 12 atom stereocenters. The number of urea groups is 1. The molecule has 4 rings (SSSR count). The highest BCUT2D eigenvalue weighted by Crippen LogP contribution is 2.32. The molecule has 2 heterocycles. The average Bonchev–Trinajstić information content (AvgIpc) is 1.69. The van der Waals surface area contributed by atoms with E-state index in [1.807, 2.05) is 60.5 Å². The minimum absolute atomic E-state index is 0.000682. The average molecular weight is 1350 g/mol. The number of likely N-dealkylation sites (tertiary alicyclic amines) is 1. The molecule has 2 aromatic rings. The molecule has 2 aromatic carbocycles. The summed E-state index contributed by atoms with van der Waals surface area (Å²) in [6, 6.07) is 7.15. The number of rotatable bonds is 41. The van der Waals surface area contributed by atoms with Crippen LogP contribution in [0.25, 0.3) is 0 Å². The highest BCUT2D eigenvalue weighted by atomic mass is 19.1. The van der Waals surface area contributed by atoms with Crippen molar-refractivity contribution in [1.82, 2.24) is 40.9 Å². The molecular formula is C71H109FN10O14. The number of methoxy groups -OCH3 is 2. The lowest BCUT2D eigenvalue weighted by Crippen LogP contribution is -2.55. The minimum Gasteiger partial charge on any atom is -0.445 e. The zero-order chi connectivity index (χ0) is 71.7. The van der Waals surface area contributed by atoms with E-state index >= 15 is 0 Å². The van der Waals surface area contributed by atoms with Crippen molar-refractivity contribution in [3.8, 4) is 0 Å². The summed E-state index contributed by atoms with van der Waals surface area (Å²) in [7, 11) is 8.49. The number of nitrogens with two attached hydrogens (primary N) is 1. The Kier molecular flexibility index (Phi) is 33.3. The predicted molar refractivity (Wildman–Crippen MR) is 363 cm³/mol. The maximum atomic E-state index is 14.6.